The number of aromatic nitrogens is 3. The number of ether oxygens (including phenoxy) is 1. The Kier molecular flexibility index (Phi) is 8.94. The maximum atomic E-state index is 16.0. The number of furan rings is 1. The average Bonchev–Trinajstić information content (AvgIpc) is 3.72. The van der Waals surface area contributed by atoms with Crippen LogP contribution in [0.15, 0.2) is 45.7 Å². The number of carboxylic acids is 1. The standard InChI is InChI=1S/C32H32ClF3N6O7/c1-17-16-41(11-9-31(17,34)20-14-18(33)15-37-26(20)43)30(47)48-13-12-40(2)29(46)32(35,36)28-38-23-19-6-3-4-8-22(19)49-24(23)25(39-28)42-10-5-7-21(42)27(44)45/h3-4,6,8,14-15,17,21H,5,7,9-13,16H2,1-2H3,(H,37,43)(H,44,45)/t17-,21-,31+/m0/s1. The Morgan fingerprint density at radius 1 is 1.24 bits per heavy atom. The van der Waals surface area contributed by atoms with Crippen molar-refractivity contribution in [2.75, 3.05) is 44.7 Å². The molecule has 2 amide bonds. The van der Waals surface area contributed by atoms with E-state index in [2.05, 4.69) is 15.0 Å². The molecule has 2 N–H and O–H groups in total. The van der Waals surface area contributed by atoms with Crippen molar-refractivity contribution in [1.29, 1.82) is 0 Å². The number of hydrogen-bond acceptors (Lipinski definition) is 9. The fourth-order valence-electron chi connectivity index (χ4n) is 6.43. The van der Waals surface area contributed by atoms with Crippen LogP contribution in [0.25, 0.3) is 22.1 Å². The quantitative estimate of drug-likeness (QED) is 0.264. The maximum Gasteiger partial charge on any atom is 0.409 e. The number of nitrogens with one attached hydrogen (secondary N) is 1. The smallest absolute Gasteiger partial charge is 0.409 e. The lowest BCUT2D eigenvalue weighted by molar-refractivity contribution is -0.159. The van der Waals surface area contributed by atoms with Gasteiger partial charge in [-0.2, -0.15) is 8.78 Å². The molecule has 0 aliphatic carbocycles. The van der Waals surface area contributed by atoms with E-state index in [0.717, 1.165) is 7.05 Å². The molecule has 0 saturated carbocycles. The van der Waals surface area contributed by atoms with Crippen molar-refractivity contribution in [3.05, 3.63) is 63.3 Å². The van der Waals surface area contributed by atoms with Crippen molar-refractivity contribution in [1.82, 2.24) is 24.8 Å². The van der Waals surface area contributed by atoms with Gasteiger partial charge in [-0.1, -0.05) is 30.7 Å². The third-order valence-corrected chi connectivity index (χ3v) is 9.37. The van der Waals surface area contributed by atoms with Crippen LogP contribution in [-0.4, -0.2) is 93.7 Å². The molecule has 2 saturated heterocycles. The molecule has 17 heteroatoms. The molecule has 3 atom stereocenters. The van der Waals surface area contributed by atoms with E-state index in [-0.39, 0.29) is 60.0 Å². The number of aromatic amines is 1. The Morgan fingerprint density at radius 2 is 2.00 bits per heavy atom. The lowest BCUT2D eigenvalue weighted by Gasteiger charge is -2.40. The van der Waals surface area contributed by atoms with Gasteiger partial charge in [0, 0.05) is 50.6 Å². The summed E-state index contributed by atoms with van der Waals surface area (Å²) in [5.41, 5.74) is -2.46. The number of alkyl halides is 3. The zero-order valence-corrected chi connectivity index (χ0v) is 27.2. The molecular formula is C32H32ClF3N6O7. The van der Waals surface area contributed by atoms with Crippen molar-refractivity contribution in [3.8, 4) is 0 Å². The number of piperidine rings is 1. The molecule has 13 nitrogen and oxygen atoms in total. The predicted molar refractivity (Wildman–Crippen MR) is 170 cm³/mol. The second-order valence-corrected chi connectivity index (χ2v) is 12.7. The van der Waals surface area contributed by atoms with Gasteiger partial charge in [-0.3, -0.25) is 9.59 Å². The van der Waals surface area contributed by atoms with E-state index in [9.17, 15) is 24.3 Å². The highest BCUT2D eigenvalue weighted by atomic mass is 35.5. The summed E-state index contributed by atoms with van der Waals surface area (Å²) >= 11 is 5.95. The van der Waals surface area contributed by atoms with Crippen LogP contribution < -0.4 is 10.5 Å². The monoisotopic (exact) mass is 704 g/mol. The number of H-pyrrole nitrogens is 1. The maximum absolute atomic E-state index is 16.0. The molecule has 0 radical (unpaired) electrons. The Bertz CT molecular complexity index is 2010. The molecule has 49 heavy (non-hydrogen) atoms. The molecule has 6 rings (SSSR count). The number of rotatable bonds is 8. The summed E-state index contributed by atoms with van der Waals surface area (Å²) in [6.45, 7) is 0.679. The Balaban J connectivity index is 1.15. The van der Waals surface area contributed by atoms with Crippen molar-refractivity contribution < 1.29 is 41.8 Å². The number of likely N-dealkylation sites (N-methyl/N-ethyl adjacent to an activating group) is 1. The van der Waals surface area contributed by atoms with Crippen LogP contribution in [0, 0.1) is 5.92 Å². The highest BCUT2D eigenvalue weighted by Crippen LogP contribution is 2.41. The largest absolute Gasteiger partial charge is 0.480 e. The second kappa shape index (κ2) is 12.9. The Labute approximate surface area is 281 Å². The first-order chi connectivity index (χ1) is 23.2. The van der Waals surface area contributed by atoms with Crippen molar-refractivity contribution >= 4 is 57.5 Å². The number of pyridine rings is 1. The fourth-order valence-corrected chi connectivity index (χ4v) is 6.59. The number of aliphatic carboxylic acids is 1. The summed E-state index contributed by atoms with van der Waals surface area (Å²) in [7, 11) is 1.10. The number of para-hydroxylation sites is 1. The van der Waals surface area contributed by atoms with Gasteiger partial charge < -0.3 is 33.9 Å². The number of anilines is 1. The van der Waals surface area contributed by atoms with Gasteiger partial charge in [-0.15, -0.1) is 0 Å². The number of carbonyl (C=O) groups excluding carboxylic acids is 2. The summed E-state index contributed by atoms with van der Waals surface area (Å²) in [4.78, 5) is 63.9. The van der Waals surface area contributed by atoms with E-state index in [0.29, 0.717) is 22.3 Å². The van der Waals surface area contributed by atoms with Gasteiger partial charge >= 0.3 is 23.9 Å². The number of likely N-dealkylation sites (tertiary alicyclic amines) is 1. The van der Waals surface area contributed by atoms with Crippen LogP contribution in [0.5, 0.6) is 0 Å². The molecular weight excluding hydrogens is 673 g/mol. The lowest BCUT2D eigenvalue weighted by Crippen LogP contribution is -2.50. The number of fused-ring (bicyclic) bond motifs is 3. The molecule has 3 aromatic heterocycles. The van der Waals surface area contributed by atoms with Crippen LogP contribution in [0.4, 0.5) is 23.8 Å². The van der Waals surface area contributed by atoms with Crippen molar-refractivity contribution in [2.24, 2.45) is 5.92 Å². The van der Waals surface area contributed by atoms with Gasteiger partial charge in [0.2, 0.25) is 5.82 Å². The molecule has 0 spiro atoms. The average molecular weight is 705 g/mol. The molecule has 4 aromatic rings. The van der Waals surface area contributed by atoms with Gasteiger partial charge in [-0.05, 0) is 31.0 Å². The van der Waals surface area contributed by atoms with E-state index in [1.165, 1.54) is 29.0 Å². The van der Waals surface area contributed by atoms with Gasteiger partial charge in [0.1, 0.15) is 29.4 Å². The SMILES string of the molecule is C[C@H]1CN(C(=O)OCCN(C)C(=O)C(F)(F)c2nc(N3CCC[C@H]3C(=O)O)c3oc4ccccc4c3n2)CC[C@]1(F)c1cc(Cl)c[nH]c1=O. The number of amides is 2. The molecule has 2 aliphatic heterocycles. The van der Waals surface area contributed by atoms with Gasteiger partial charge in [-0.25, -0.2) is 23.9 Å². The first-order valence-corrected chi connectivity index (χ1v) is 15.9. The third kappa shape index (κ3) is 6.13. The Morgan fingerprint density at radius 3 is 2.73 bits per heavy atom. The molecule has 1 aromatic carbocycles. The first kappa shape index (κ1) is 34.0. The summed E-state index contributed by atoms with van der Waals surface area (Å²) in [6, 6.07) is 6.77. The van der Waals surface area contributed by atoms with Crippen LogP contribution in [0.2, 0.25) is 5.02 Å². The minimum absolute atomic E-state index is 0.00345. The number of benzene rings is 1. The van der Waals surface area contributed by atoms with E-state index in [1.807, 2.05) is 0 Å². The number of carbonyl (C=O) groups is 3. The van der Waals surface area contributed by atoms with E-state index < -0.39 is 66.1 Å². The second-order valence-electron chi connectivity index (χ2n) is 12.3. The molecule has 2 aliphatic rings. The lowest BCUT2D eigenvalue weighted by atomic mass is 9.79. The number of nitrogens with zero attached hydrogens (tertiary/aromatic N) is 5. The summed E-state index contributed by atoms with van der Waals surface area (Å²) in [5.74, 6) is -9.20. The summed E-state index contributed by atoms with van der Waals surface area (Å²) in [5, 5.41) is 10.3. The predicted octanol–water partition coefficient (Wildman–Crippen LogP) is 4.66. The van der Waals surface area contributed by atoms with Gasteiger partial charge in [0.15, 0.2) is 11.4 Å². The van der Waals surface area contributed by atoms with Gasteiger partial charge in [0.25, 0.3) is 5.56 Å². The van der Waals surface area contributed by atoms with E-state index in [4.69, 9.17) is 20.8 Å². The summed E-state index contributed by atoms with van der Waals surface area (Å²) < 4.78 is 58.8. The normalized spacial score (nSPS) is 21.3. The van der Waals surface area contributed by atoms with Crippen LogP contribution in [0.3, 0.4) is 0 Å². The first-order valence-electron chi connectivity index (χ1n) is 15.5. The molecule has 0 unspecified atom stereocenters. The molecule has 5 heterocycles. The zero-order valence-electron chi connectivity index (χ0n) is 26.4. The van der Waals surface area contributed by atoms with Crippen molar-refractivity contribution in [2.45, 2.75) is 43.8 Å². The number of hydrogen-bond donors (Lipinski definition) is 2. The minimum atomic E-state index is -4.26. The van der Waals surface area contributed by atoms with Crippen molar-refractivity contribution in [3.63, 3.8) is 0 Å². The summed E-state index contributed by atoms with van der Waals surface area (Å²) in [6.07, 6.45) is 0.938. The van der Waals surface area contributed by atoms with Crippen LogP contribution in [-0.2, 0) is 25.9 Å². The Hall–Kier alpha value is -4.86. The van der Waals surface area contributed by atoms with Gasteiger partial charge in [0.05, 0.1) is 17.1 Å². The minimum Gasteiger partial charge on any atom is -0.480 e. The fraction of sp³-hybridized carbons (Fsp3) is 0.438. The molecule has 260 valence electrons. The number of halogens is 4. The van der Waals surface area contributed by atoms with Crippen LogP contribution >= 0.6 is 11.6 Å². The highest BCUT2D eigenvalue weighted by molar-refractivity contribution is 6.30. The van der Waals surface area contributed by atoms with E-state index >= 15 is 13.2 Å². The molecule has 2 fully saturated rings. The molecule has 0 bridgehead atoms. The number of carboxylic acid groups (broad SMARTS) is 1. The van der Waals surface area contributed by atoms with E-state index in [1.54, 1.807) is 24.3 Å². The van der Waals surface area contributed by atoms with Crippen LogP contribution in [0.1, 0.15) is 37.6 Å². The topological polar surface area (TPSA) is 162 Å². The zero-order chi connectivity index (χ0) is 35.2. The third-order valence-electron chi connectivity index (χ3n) is 9.16. The highest BCUT2D eigenvalue weighted by Gasteiger charge is 2.48.